The molecule has 0 aliphatic carbocycles. The molecule has 3 aromatic carbocycles. The molecule has 0 aromatic heterocycles. The number of nitrogens with zero attached hydrogens (tertiary/aromatic N) is 2. The van der Waals surface area contributed by atoms with Crippen molar-refractivity contribution in [3.8, 4) is 11.5 Å². The van der Waals surface area contributed by atoms with Crippen LogP contribution in [0, 0.1) is 0 Å². The van der Waals surface area contributed by atoms with E-state index in [1.165, 1.54) is 42.5 Å². The highest BCUT2D eigenvalue weighted by Crippen LogP contribution is 2.39. The van der Waals surface area contributed by atoms with Gasteiger partial charge in [0, 0.05) is 29.5 Å². The fourth-order valence-electron chi connectivity index (χ4n) is 4.42. The Labute approximate surface area is 215 Å². The molecule has 1 amide bonds. The quantitative estimate of drug-likeness (QED) is 0.506. The predicted molar refractivity (Wildman–Crippen MR) is 140 cm³/mol. The van der Waals surface area contributed by atoms with E-state index in [0.717, 1.165) is 18.8 Å². The van der Waals surface area contributed by atoms with Gasteiger partial charge in [0.15, 0.2) is 6.10 Å². The van der Waals surface area contributed by atoms with Gasteiger partial charge in [-0.15, -0.1) is 0 Å². The Hall–Kier alpha value is -3.43. The van der Waals surface area contributed by atoms with E-state index in [0.29, 0.717) is 16.5 Å². The molecule has 2 aliphatic heterocycles. The minimum absolute atomic E-state index is 0.0628. The third-order valence-corrected chi connectivity index (χ3v) is 8.37. The molecule has 0 saturated carbocycles. The maximum atomic E-state index is 13.6. The summed E-state index contributed by atoms with van der Waals surface area (Å²) in [5.74, 6) is 0.346. The van der Waals surface area contributed by atoms with Gasteiger partial charge < -0.3 is 19.7 Å². The Bertz CT molecular complexity index is 1360. The van der Waals surface area contributed by atoms with E-state index in [1.54, 1.807) is 24.3 Å². The monoisotopic (exact) mass is 527 g/mol. The van der Waals surface area contributed by atoms with Crippen molar-refractivity contribution in [1.29, 1.82) is 0 Å². The van der Waals surface area contributed by atoms with Crippen molar-refractivity contribution < 1.29 is 22.7 Å². The van der Waals surface area contributed by atoms with Crippen LogP contribution in [0.2, 0.25) is 5.02 Å². The zero-order valence-electron chi connectivity index (χ0n) is 19.7. The molecule has 188 valence electrons. The third kappa shape index (κ3) is 4.81. The fourth-order valence-corrected chi connectivity index (χ4v) is 6.05. The van der Waals surface area contributed by atoms with E-state index in [4.69, 9.17) is 21.1 Å². The SMILES string of the molecule is COc1ccc(S(=O)(=O)N2CC(C(=O)Nc3ccc(N4CCCC4)cc3)Oc3ccc(Cl)cc32)cc1. The molecule has 36 heavy (non-hydrogen) atoms. The standard InChI is InChI=1S/C26H26ClN3O5S/c1-34-21-9-11-22(12-10-21)36(32,33)30-17-25(35-24-13-4-18(27)16-23(24)30)26(31)28-19-5-7-20(8-6-19)29-14-2-3-15-29/h4-13,16,25H,2-3,14-15,17H2,1H3,(H,28,31). The first-order valence-electron chi connectivity index (χ1n) is 11.6. The van der Waals surface area contributed by atoms with Crippen LogP contribution in [-0.4, -0.2) is 47.2 Å². The van der Waals surface area contributed by atoms with E-state index in [2.05, 4.69) is 10.2 Å². The summed E-state index contributed by atoms with van der Waals surface area (Å²) in [5, 5.41) is 3.21. The largest absolute Gasteiger partial charge is 0.497 e. The summed E-state index contributed by atoms with van der Waals surface area (Å²) >= 11 is 6.17. The molecule has 0 spiro atoms. The molecule has 3 aromatic rings. The fraction of sp³-hybridized carbons (Fsp3) is 0.269. The molecule has 10 heteroatoms. The number of rotatable bonds is 6. The van der Waals surface area contributed by atoms with Gasteiger partial charge in [0.25, 0.3) is 15.9 Å². The van der Waals surface area contributed by atoms with Crippen molar-refractivity contribution in [3.63, 3.8) is 0 Å². The summed E-state index contributed by atoms with van der Waals surface area (Å²) < 4.78 is 39.4. The van der Waals surface area contributed by atoms with Crippen molar-refractivity contribution >= 4 is 44.6 Å². The number of hydrogen-bond donors (Lipinski definition) is 1. The van der Waals surface area contributed by atoms with Gasteiger partial charge >= 0.3 is 0 Å². The van der Waals surface area contributed by atoms with Crippen LogP contribution in [0.4, 0.5) is 17.1 Å². The van der Waals surface area contributed by atoms with Crippen LogP contribution in [0.1, 0.15) is 12.8 Å². The molecule has 1 atom stereocenters. The Morgan fingerprint density at radius 2 is 1.72 bits per heavy atom. The van der Waals surface area contributed by atoms with Gasteiger partial charge in [-0.3, -0.25) is 9.10 Å². The summed E-state index contributed by atoms with van der Waals surface area (Å²) in [5.41, 5.74) is 2.00. The number of amides is 1. The van der Waals surface area contributed by atoms with Gasteiger partial charge in [-0.2, -0.15) is 0 Å². The summed E-state index contributed by atoms with van der Waals surface area (Å²) in [6.45, 7) is 1.85. The number of ether oxygens (including phenoxy) is 2. The highest BCUT2D eigenvalue weighted by atomic mass is 35.5. The van der Waals surface area contributed by atoms with Gasteiger partial charge in [0.1, 0.15) is 11.5 Å². The Morgan fingerprint density at radius 3 is 2.39 bits per heavy atom. The summed E-state index contributed by atoms with van der Waals surface area (Å²) in [4.78, 5) is 15.5. The molecule has 2 heterocycles. The Balaban J connectivity index is 1.39. The molecule has 8 nitrogen and oxygen atoms in total. The second-order valence-corrected chi connectivity index (χ2v) is 11.0. The molecule has 1 unspecified atom stereocenters. The van der Waals surface area contributed by atoms with E-state index in [1.807, 2.05) is 24.3 Å². The maximum Gasteiger partial charge on any atom is 0.267 e. The number of anilines is 3. The van der Waals surface area contributed by atoms with Crippen molar-refractivity contribution in [2.75, 3.05) is 41.3 Å². The lowest BCUT2D eigenvalue weighted by atomic mass is 10.2. The number of fused-ring (bicyclic) bond motifs is 1. The highest BCUT2D eigenvalue weighted by Gasteiger charge is 2.38. The van der Waals surface area contributed by atoms with Crippen LogP contribution in [0.25, 0.3) is 0 Å². The molecule has 2 aliphatic rings. The second-order valence-electron chi connectivity index (χ2n) is 8.66. The topological polar surface area (TPSA) is 88.2 Å². The number of nitrogens with one attached hydrogen (secondary N) is 1. The van der Waals surface area contributed by atoms with Gasteiger partial charge in [-0.25, -0.2) is 8.42 Å². The van der Waals surface area contributed by atoms with Crippen LogP contribution >= 0.6 is 11.6 Å². The summed E-state index contributed by atoms with van der Waals surface area (Å²) in [6.07, 6.45) is 1.30. The van der Waals surface area contributed by atoms with Crippen molar-refractivity contribution in [2.45, 2.75) is 23.8 Å². The van der Waals surface area contributed by atoms with Crippen LogP contribution in [0.3, 0.4) is 0 Å². The average Bonchev–Trinajstić information content (AvgIpc) is 3.43. The van der Waals surface area contributed by atoms with E-state index >= 15 is 0 Å². The first kappa shape index (κ1) is 24.3. The van der Waals surface area contributed by atoms with Crippen molar-refractivity contribution in [1.82, 2.24) is 0 Å². The van der Waals surface area contributed by atoms with Crippen molar-refractivity contribution in [2.24, 2.45) is 0 Å². The van der Waals surface area contributed by atoms with E-state index in [-0.39, 0.29) is 22.9 Å². The summed E-state index contributed by atoms with van der Waals surface area (Å²) in [7, 11) is -2.51. The lowest BCUT2D eigenvalue weighted by molar-refractivity contribution is -0.122. The Morgan fingerprint density at radius 1 is 1.03 bits per heavy atom. The lowest BCUT2D eigenvalue weighted by Gasteiger charge is -2.35. The second kappa shape index (κ2) is 9.91. The molecule has 0 radical (unpaired) electrons. The van der Waals surface area contributed by atoms with Crippen LogP contribution in [0.15, 0.2) is 71.6 Å². The van der Waals surface area contributed by atoms with Crippen LogP contribution in [-0.2, 0) is 14.8 Å². The molecular formula is C26H26ClN3O5S. The average molecular weight is 528 g/mol. The smallest absolute Gasteiger partial charge is 0.267 e. The minimum Gasteiger partial charge on any atom is -0.497 e. The zero-order chi connectivity index (χ0) is 25.3. The summed E-state index contributed by atoms with van der Waals surface area (Å²) in [6, 6.07) is 18.4. The third-order valence-electron chi connectivity index (χ3n) is 6.34. The number of hydrogen-bond acceptors (Lipinski definition) is 6. The number of methoxy groups -OCH3 is 1. The van der Waals surface area contributed by atoms with Gasteiger partial charge in [0.05, 0.1) is 24.2 Å². The predicted octanol–water partition coefficient (Wildman–Crippen LogP) is 4.54. The van der Waals surface area contributed by atoms with Crippen LogP contribution < -0.4 is 24.0 Å². The van der Waals surface area contributed by atoms with E-state index in [9.17, 15) is 13.2 Å². The Kier molecular flexibility index (Phi) is 6.68. The number of benzene rings is 3. The van der Waals surface area contributed by atoms with Crippen LogP contribution in [0.5, 0.6) is 11.5 Å². The van der Waals surface area contributed by atoms with Crippen molar-refractivity contribution in [3.05, 3.63) is 71.8 Å². The van der Waals surface area contributed by atoms with Gasteiger partial charge in [-0.05, 0) is 79.6 Å². The highest BCUT2D eigenvalue weighted by molar-refractivity contribution is 7.92. The zero-order valence-corrected chi connectivity index (χ0v) is 21.3. The van der Waals surface area contributed by atoms with Gasteiger partial charge in [0.2, 0.25) is 0 Å². The molecule has 0 bridgehead atoms. The number of carbonyl (C=O) groups is 1. The molecule has 1 N–H and O–H groups in total. The minimum atomic E-state index is -4.02. The molecule has 1 fully saturated rings. The number of halogens is 1. The maximum absolute atomic E-state index is 13.6. The molecular weight excluding hydrogens is 502 g/mol. The first-order chi connectivity index (χ1) is 17.3. The molecule has 1 saturated heterocycles. The van der Waals surface area contributed by atoms with E-state index < -0.39 is 22.0 Å². The molecule has 5 rings (SSSR count). The normalized spacial score (nSPS) is 17.3. The number of carbonyl (C=O) groups excluding carboxylic acids is 1. The lowest BCUT2D eigenvalue weighted by Crippen LogP contribution is -2.48. The first-order valence-corrected chi connectivity index (χ1v) is 13.5. The van der Waals surface area contributed by atoms with Gasteiger partial charge in [-0.1, -0.05) is 11.6 Å². The number of sulfonamides is 1.